The maximum atomic E-state index is 12.9. The van der Waals surface area contributed by atoms with Crippen LogP contribution in [0.5, 0.6) is 0 Å². The van der Waals surface area contributed by atoms with Crippen molar-refractivity contribution in [3.8, 4) is 11.3 Å². The summed E-state index contributed by atoms with van der Waals surface area (Å²) in [7, 11) is 0. The second kappa shape index (κ2) is 4.56. The normalized spacial score (nSPS) is 16.6. The zero-order valence-corrected chi connectivity index (χ0v) is 9.75. The van der Waals surface area contributed by atoms with E-state index in [2.05, 4.69) is 20.3 Å². The second-order valence-electron chi connectivity index (χ2n) is 4.00. The van der Waals surface area contributed by atoms with Gasteiger partial charge < -0.3 is 10.1 Å². The monoisotopic (exact) mass is 256 g/mol. The van der Waals surface area contributed by atoms with Gasteiger partial charge in [-0.05, 0) is 24.3 Å². The molecule has 0 bridgehead atoms. The van der Waals surface area contributed by atoms with Gasteiger partial charge in [-0.2, -0.15) is 0 Å². The molecule has 1 N–H and O–H groups in total. The van der Waals surface area contributed by atoms with Gasteiger partial charge in [0.15, 0.2) is 18.1 Å². The highest BCUT2D eigenvalue weighted by atomic mass is 19.1. The number of hydrogen-bond donors (Lipinski definition) is 1. The molecular weight excluding hydrogens is 247 g/mol. The molecule has 1 aliphatic rings. The van der Waals surface area contributed by atoms with Crippen molar-refractivity contribution < 1.29 is 9.18 Å². The predicted molar refractivity (Wildman–Crippen MR) is 68.3 cm³/mol. The summed E-state index contributed by atoms with van der Waals surface area (Å²) in [5.74, 6) is 0.199. The molecule has 1 aliphatic heterocycles. The maximum absolute atomic E-state index is 12.9. The van der Waals surface area contributed by atoms with Gasteiger partial charge in [-0.1, -0.05) is 0 Å². The van der Waals surface area contributed by atoms with E-state index in [9.17, 15) is 9.18 Å². The van der Waals surface area contributed by atoms with Gasteiger partial charge >= 0.3 is 0 Å². The van der Waals surface area contributed by atoms with Crippen LogP contribution < -0.4 is 5.32 Å². The van der Waals surface area contributed by atoms with Gasteiger partial charge in [-0.25, -0.2) is 14.4 Å². The van der Waals surface area contributed by atoms with Gasteiger partial charge in [0.25, 0.3) is 0 Å². The lowest BCUT2D eigenvalue weighted by atomic mass is 10.1. The number of carbonyl (C=O) groups is 1. The second-order valence-corrected chi connectivity index (χ2v) is 4.00. The first kappa shape index (κ1) is 11.5. The Hall–Kier alpha value is -2.63. The van der Waals surface area contributed by atoms with E-state index in [-0.39, 0.29) is 5.82 Å². The molecule has 1 atom stereocenters. The van der Waals surface area contributed by atoms with Crippen molar-refractivity contribution in [1.82, 2.24) is 9.97 Å². The third-order valence-electron chi connectivity index (χ3n) is 2.78. The molecule has 0 spiro atoms. The van der Waals surface area contributed by atoms with Crippen LogP contribution in [0.1, 0.15) is 11.7 Å². The number of aliphatic imine (C=N–C) groups is 1. The summed E-state index contributed by atoms with van der Waals surface area (Å²) in [6, 6.07) is 5.28. The van der Waals surface area contributed by atoms with E-state index in [0.29, 0.717) is 23.5 Å². The molecule has 0 saturated heterocycles. The summed E-state index contributed by atoms with van der Waals surface area (Å²) in [5, 5.41) is 2.83. The Kier molecular flexibility index (Phi) is 2.75. The smallest absolute Gasteiger partial charge is 0.155 e. The predicted octanol–water partition coefficient (Wildman–Crippen LogP) is 1.98. The summed E-state index contributed by atoms with van der Waals surface area (Å²) < 4.78 is 12.9. The fourth-order valence-corrected chi connectivity index (χ4v) is 1.83. The summed E-state index contributed by atoms with van der Waals surface area (Å²) in [6.45, 7) is 0. The molecular formula is C13H9FN4O. The van der Waals surface area contributed by atoms with Gasteiger partial charge in [-0.3, -0.25) is 4.99 Å². The van der Waals surface area contributed by atoms with E-state index in [1.54, 1.807) is 18.3 Å². The highest BCUT2D eigenvalue weighted by Gasteiger charge is 2.20. The first-order chi connectivity index (χ1) is 9.28. The number of aldehydes is 1. The van der Waals surface area contributed by atoms with Crippen LogP contribution in [0.4, 0.5) is 10.2 Å². The number of rotatable bonds is 2. The van der Waals surface area contributed by atoms with E-state index in [4.69, 9.17) is 0 Å². The number of nitrogens with zero attached hydrogens (tertiary/aromatic N) is 3. The Morgan fingerprint density at radius 1 is 1.26 bits per heavy atom. The molecule has 0 aliphatic carbocycles. The third kappa shape index (κ3) is 2.08. The number of aromatic nitrogens is 2. The van der Waals surface area contributed by atoms with Crippen molar-refractivity contribution in [1.29, 1.82) is 0 Å². The molecule has 5 nitrogen and oxygen atoms in total. The molecule has 1 aromatic heterocycles. The Bertz CT molecular complexity index is 654. The van der Waals surface area contributed by atoms with E-state index in [1.807, 2.05) is 0 Å². The summed E-state index contributed by atoms with van der Waals surface area (Å²) in [4.78, 5) is 23.5. The average Bonchev–Trinajstić information content (AvgIpc) is 2.47. The Morgan fingerprint density at radius 2 is 2.05 bits per heavy atom. The van der Waals surface area contributed by atoms with Crippen molar-refractivity contribution in [2.45, 2.75) is 6.04 Å². The molecule has 6 heteroatoms. The Labute approximate surface area is 108 Å². The van der Waals surface area contributed by atoms with Crippen LogP contribution in [0.25, 0.3) is 11.3 Å². The number of carbonyl (C=O) groups excluding carboxylic acids is 1. The minimum absolute atomic E-state index is 0.313. The zero-order chi connectivity index (χ0) is 13.2. The van der Waals surface area contributed by atoms with Crippen molar-refractivity contribution in [2.75, 3.05) is 5.32 Å². The third-order valence-corrected chi connectivity index (χ3v) is 2.78. The number of fused-ring (bicyclic) bond motifs is 1. The van der Waals surface area contributed by atoms with Crippen molar-refractivity contribution in [3.05, 3.63) is 42.0 Å². The molecule has 1 unspecified atom stereocenters. The fourth-order valence-electron chi connectivity index (χ4n) is 1.83. The largest absolute Gasteiger partial charge is 0.330 e. The average molecular weight is 256 g/mol. The molecule has 1 aromatic carbocycles. The summed E-state index contributed by atoms with van der Waals surface area (Å²) in [5.41, 5.74) is 1.78. The van der Waals surface area contributed by atoms with Crippen LogP contribution in [0.15, 0.2) is 35.5 Å². The van der Waals surface area contributed by atoms with Crippen LogP contribution in [0.2, 0.25) is 0 Å². The van der Waals surface area contributed by atoms with Crippen LogP contribution in [0, 0.1) is 5.82 Å². The highest BCUT2D eigenvalue weighted by molar-refractivity contribution is 5.82. The van der Waals surface area contributed by atoms with E-state index in [0.717, 1.165) is 5.56 Å². The lowest BCUT2D eigenvalue weighted by Gasteiger charge is -2.15. The van der Waals surface area contributed by atoms with Gasteiger partial charge in [0.05, 0.1) is 18.2 Å². The van der Waals surface area contributed by atoms with Gasteiger partial charge in [0, 0.05) is 5.56 Å². The fraction of sp³-hybridized carbons (Fsp3) is 0.0769. The molecule has 0 fully saturated rings. The van der Waals surface area contributed by atoms with E-state index < -0.39 is 6.04 Å². The SMILES string of the molecule is O=CC1N=CNc2ncc(-c3ccc(F)cc3)nc21. The van der Waals surface area contributed by atoms with Gasteiger partial charge in [0.2, 0.25) is 0 Å². The number of nitrogens with one attached hydrogen (secondary N) is 1. The lowest BCUT2D eigenvalue weighted by molar-refractivity contribution is -0.109. The molecule has 0 amide bonds. The molecule has 19 heavy (non-hydrogen) atoms. The molecule has 0 radical (unpaired) electrons. The van der Waals surface area contributed by atoms with Gasteiger partial charge in [-0.15, -0.1) is 0 Å². The number of anilines is 1. The molecule has 2 aromatic rings. The summed E-state index contributed by atoms with van der Waals surface area (Å²) in [6.07, 6.45) is 3.70. The van der Waals surface area contributed by atoms with E-state index in [1.165, 1.54) is 18.5 Å². The van der Waals surface area contributed by atoms with Crippen LogP contribution in [-0.4, -0.2) is 22.6 Å². The summed E-state index contributed by atoms with van der Waals surface area (Å²) >= 11 is 0. The van der Waals surface area contributed by atoms with E-state index >= 15 is 0 Å². The highest BCUT2D eigenvalue weighted by Crippen LogP contribution is 2.26. The maximum Gasteiger partial charge on any atom is 0.155 e. The zero-order valence-electron chi connectivity index (χ0n) is 9.75. The number of hydrogen-bond acceptors (Lipinski definition) is 5. The van der Waals surface area contributed by atoms with Gasteiger partial charge in [0.1, 0.15) is 11.5 Å². The lowest BCUT2D eigenvalue weighted by Crippen LogP contribution is -2.15. The van der Waals surface area contributed by atoms with Crippen molar-refractivity contribution in [3.63, 3.8) is 0 Å². The molecule has 3 rings (SSSR count). The first-order valence-corrected chi connectivity index (χ1v) is 5.64. The standard InChI is InChI=1S/C13H9FN4O/c14-9-3-1-8(2-4-9)10-5-15-13-12(18-10)11(6-19)16-7-17-13/h1-7,11H,(H,15,16,17). The Balaban J connectivity index is 2.06. The first-order valence-electron chi connectivity index (χ1n) is 5.64. The number of benzene rings is 1. The van der Waals surface area contributed by atoms with Crippen LogP contribution >= 0.6 is 0 Å². The minimum Gasteiger partial charge on any atom is -0.330 e. The quantitative estimate of drug-likeness (QED) is 0.834. The molecule has 2 heterocycles. The topological polar surface area (TPSA) is 67.2 Å². The number of halogens is 1. The Morgan fingerprint density at radius 3 is 2.79 bits per heavy atom. The minimum atomic E-state index is -0.649. The molecule has 0 saturated carbocycles. The van der Waals surface area contributed by atoms with Crippen molar-refractivity contribution >= 4 is 18.4 Å². The van der Waals surface area contributed by atoms with Crippen LogP contribution in [0.3, 0.4) is 0 Å². The molecule has 94 valence electrons. The van der Waals surface area contributed by atoms with Crippen LogP contribution in [-0.2, 0) is 4.79 Å². The van der Waals surface area contributed by atoms with Crippen molar-refractivity contribution in [2.24, 2.45) is 4.99 Å².